The van der Waals surface area contributed by atoms with Crippen LogP contribution < -0.4 is 5.14 Å². The van der Waals surface area contributed by atoms with Crippen molar-refractivity contribution in [1.82, 2.24) is 4.31 Å². The third-order valence-electron chi connectivity index (χ3n) is 4.37. The van der Waals surface area contributed by atoms with Gasteiger partial charge in [0.05, 0.1) is 0 Å². The van der Waals surface area contributed by atoms with E-state index in [0.29, 0.717) is 19.3 Å². The van der Waals surface area contributed by atoms with Gasteiger partial charge >= 0.3 is 10.2 Å². The van der Waals surface area contributed by atoms with Crippen LogP contribution in [-0.4, -0.2) is 25.2 Å². The van der Waals surface area contributed by atoms with E-state index in [1.165, 1.54) is 57.8 Å². The summed E-state index contributed by atoms with van der Waals surface area (Å²) in [4.78, 5) is 10.9. The Morgan fingerprint density at radius 1 is 0.870 bits per heavy atom. The Bertz CT molecular complexity index is 385. The average molecular weight is 349 g/mol. The van der Waals surface area contributed by atoms with Crippen molar-refractivity contribution in [2.45, 2.75) is 103 Å². The van der Waals surface area contributed by atoms with Crippen molar-refractivity contribution < 1.29 is 13.2 Å². The summed E-state index contributed by atoms with van der Waals surface area (Å²) in [6, 6.07) is -0.305. The summed E-state index contributed by atoms with van der Waals surface area (Å²) in [5.74, 6) is 0. The van der Waals surface area contributed by atoms with Gasteiger partial charge in [-0.2, -0.15) is 8.42 Å². The van der Waals surface area contributed by atoms with E-state index in [0.717, 1.165) is 17.1 Å². The largest absolute Gasteiger partial charge is 0.301 e. The second-order valence-electron chi connectivity index (χ2n) is 6.37. The van der Waals surface area contributed by atoms with E-state index in [2.05, 4.69) is 6.92 Å². The highest BCUT2D eigenvalue weighted by atomic mass is 32.2. The van der Waals surface area contributed by atoms with Crippen LogP contribution in [0.4, 0.5) is 0 Å². The van der Waals surface area contributed by atoms with Crippen LogP contribution in [0.1, 0.15) is 97.3 Å². The van der Waals surface area contributed by atoms with Gasteiger partial charge in [-0.05, 0) is 12.8 Å². The van der Waals surface area contributed by atoms with Crippen LogP contribution in [0, 0.1) is 0 Å². The first-order valence-electron chi connectivity index (χ1n) is 9.23. The summed E-state index contributed by atoms with van der Waals surface area (Å²) in [5, 5.41) is 5.06. The molecule has 1 unspecified atom stereocenters. The van der Waals surface area contributed by atoms with E-state index in [1.807, 2.05) is 6.92 Å². The van der Waals surface area contributed by atoms with Gasteiger partial charge in [0.2, 0.25) is 6.41 Å². The second kappa shape index (κ2) is 13.8. The minimum absolute atomic E-state index is 0.305. The molecule has 0 bridgehead atoms. The molecular weight excluding hydrogens is 312 g/mol. The minimum atomic E-state index is -3.93. The molecule has 0 aliphatic carbocycles. The van der Waals surface area contributed by atoms with Gasteiger partial charge in [-0.25, -0.2) is 9.44 Å². The molecule has 23 heavy (non-hydrogen) atoms. The molecule has 0 aromatic heterocycles. The number of nitrogens with two attached hydrogens (primary N) is 1. The number of amides is 1. The number of nitrogens with zero attached hydrogens (tertiary/aromatic N) is 1. The highest BCUT2D eigenvalue weighted by Gasteiger charge is 2.23. The molecule has 0 aliphatic heterocycles. The summed E-state index contributed by atoms with van der Waals surface area (Å²) >= 11 is 0. The smallest absolute Gasteiger partial charge is 0.278 e. The van der Waals surface area contributed by atoms with E-state index in [9.17, 15) is 13.2 Å². The Morgan fingerprint density at radius 2 is 1.30 bits per heavy atom. The van der Waals surface area contributed by atoms with Gasteiger partial charge in [-0.3, -0.25) is 4.79 Å². The van der Waals surface area contributed by atoms with Crippen molar-refractivity contribution in [3.05, 3.63) is 0 Å². The zero-order valence-electron chi connectivity index (χ0n) is 15.0. The molecule has 0 saturated heterocycles. The first kappa shape index (κ1) is 22.4. The Morgan fingerprint density at radius 3 is 1.65 bits per heavy atom. The predicted octanol–water partition coefficient (Wildman–Crippen LogP) is 4.13. The lowest BCUT2D eigenvalue weighted by atomic mass is 10.0. The Labute approximate surface area is 143 Å². The molecule has 0 rings (SSSR count). The van der Waals surface area contributed by atoms with Crippen molar-refractivity contribution >= 4 is 16.6 Å². The third kappa shape index (κ3) is 11.5. The normalized spacial score (nSPS) is 13.0. The van der Waals surface area contributed by atoms with Gasteiger partial charge in [0.25, 0.3) is 0 Å². The van der Waals surface area contributed by atoms with Crippen molar-refractivity contribution in [1.29, 1.82) is 0 Å². The molecular formula is C17H36N2O3S. The Hall–Kier alpha value is -0.620. The van der Waals surface area contributed by atoms with Gasteiger partial charge < -0.3 is 0 Å². The van der Waals surface area contributed by atoms with Crippen LogP contribution in [0.3, 0.4) is 0 Å². The lowest BCUT2D eigenvalue weighted by Crippen LogP contribution is -2.42. The topological polar surface area (TPSA) is 80.5 Å². The standard InChI is InChI=1S/C17H36N2O3S/c1-3-5-6-7-8-9-10-11-12-13-14-15-17(4-2)19(16-20)23(18,21)22/h16-17H,3-15H2,1-2H3,(H2,18,21,22). The minimum Gasteiger partial charge on any atom is -0.278 e. The summed E-state index contributed by atoms with van der Waals surface area (Å²) in [5.41, 5.74) is 0. The predicted molar refractivity (Wildman–Crippen MR) is 96.2 cm³/mol. The summed E-state index contributed by atoms with van der Waals surface area (Å²) in [7, 11) is -3.93. The second-order valence-corrected chi connectivity index (χ2v) is 7.82. The molecule has 1 atom stereocenters. The van der Waals surface area contributed by atoms with Crippen molar-refractivity contribution in [2.24, 2.45) is 5.14 Å². The van der Waals surface area contributed by atoms with Gasteiger partial charge in [-0.1, -0.05) is 84.5 Å². The fraction of sp³-hybridized carbons (Fsp3) is 0.941. The van der Waals surface area contributed by atoms with E-state index >= 15 is 0 Å². The molecule has 0 aromatic carbocycles. The van der Waals surface area contributed by atoms with Crippen LogP contribution in [0.25, 0.3) is 0 Å². The monoisotopic (exact) mass is 348 g/mol. The first-order valence-corrected chi connectivity index (χ1v) is 10.7. The number of hydrogen-bond acceptors (Lipinski definition) is 3. The fourth-order valence-corrected chi connectivity index (χ4v) is 3.70. The first-order chi connectivity index (χ1) is 11.0. The number of unbranched alkanes of at least 4 members (excludes halogenated alkanes) is 10. The SMILES string of the molecule is CCCCCCCCCCCCCC(CC)N(C=O)S(N)(=O)=O. The Balaban J connectivity index is 3.67. The molecule has 0 saturated carbocycles. The number of carbonyl (C=O) groups is 1. The van der Waals surface area contributed by atoms with Gasteiger partial charge in [0, 0.05) is 6.04 Å². The van der Waals surface area contributed by atoms with E-state index < -0.39 is 10.2 Å². The van der Waals surface area contributed by atoms with Crippen LogP contribution in [0.2, 0.25) is 0 Å². The van der Waals surface area contributed by atoms with Gasteiger partial charge in [0.1, 0.15) is 0 Å². The third-order valence-corrected chi connectivity index (χ3v) is 5.34. The molecule has 138 valence electrons. The molecule has 0 radical (unpaired) electrons. The lowest BCUT2D eigenvalue weighted by molar-refractivity contribution is -0.115. The maximum Gasteiger partial charge on any atom is 0.301 e. The zero-order chi connectivity index (χ0) is 17.6. The average Bonchev–Trinajstić information content (AvgIpc) is 2.50. The molecule has 0 aromatic rings. The van der Waals surface area contributed by atoms with E-state index in [-0.39, 0.29) is 6.04 Å². The molecule has 0 heterocycles. The van der Waals surface area contributed by atoms with Gasteiger partial charge in [0.15, 0.2) is 0 Å². The summed E-state index contributed by atoms with van der Waals surface area (Å²) < 4.78 is 23.4. The van der Waals surface area contributed by atoms with Crippen molar-refractivity contribution in [2.75, 3.05) is 0 Å². The molecule has 0 spiro atoms. The zero-order valence-corrected chi connectivity index (χ0v) is 15.8. The van der Waals surface area contributed by atoms with Crippen molar-refractivity contribution in [3.63, 3.8) is 0 Å². The van der Waals surface area contributed by atoms with E-state index in [4.69, 9.17) is 5.14 Å². The Kier molecular flexibility index (Phi) is 13.4. The molecule has 2 N–H and O–H groups in total. The molecule has 5 nitrogen and oxygen atoms in total. The maximum absolute atomic E-state index is 11.3. The highest BCUT2D eigenvalue weighted by molar-refractivity contribution is 7.87. The molecule has 6 heteroatoms. The fourth-order valence-electron chi connectivity index (χ4n) is 2.91. The molecule has 1 amide bonds. The quantitative estimate of drug-likeness (QED) is 0.336. The lowest BCUT2D eigenvalue weighted by Gasteiger charge is -2.24. The highest BCUT2D eigenvalue weighted by Crippen LogP contribution is 2.16. The van der Waals surface area contributed by atoms with Crippen molar-refractivity contribution in [3.8, 4) is 0 Å². The number of rotatable bonds is 16. The molecule has 0 aliphatic rings. The van der Waals surface area contributed by atoms with Crippen LogP contribution in [-0.2, 0) is 15.0 Å². The summed E-state index contributed by atoms with van der Waals surface area (Å²) in [6.45, 7) is 4.12. The maximum atomic E-state index is 11.3. The number of hydrogen-bond donors (Lipinski definition) is 1. The number of carbonyl (C=O) groups excluding carboxylic acids is 1. The summed E-state index contributed by atoms with van der Waals surface area (Å²) in [6.07, 6.45) is 15.4. The van der Waals surface area contributed by atoms with Crippen LogP contribution >= 0.6 is 0 Å². The van der Waals surface area contributed by atoms with E-state index in [1.54, 1.807) is 0 Å². The van der Waals surface area contributed by atoms with Crippen LogP contribution in [0.5, 0.6) is 0 Å². The van der Waals surface area contributed by atoms with Crippen LogP contribution in [0.15, 0.2) is 0 Å². The van der Waals surface area contributed by atoms with Gasteiger partial charge in [-0.15, -0.1) is 0 Å². The molecule has 0 fully saturated rings.